The lowest BCUT2D eigenvalue weighted by Crippen LogP contribution is -2.03. The van der Waals surface area contributed by atoms with Gasteiger partial charge in [0.1, 0.15) is 5.82 Å². The molecule has 0 aromatic carbocycles. The summed E-state index contributed by atoms with van der Waals surface area (Å²) in [6, 6.07) is 0. The van der Waals surface area contributed by atoms with Gasteiger partial charge < -0.3 is 10.3 Å². The molecule has 0 spiro atoms. The topological polar surface area (TPSA) is 69.3 Å². The fraction of sp³-hybridized carbons (Fsp3) is 0.556. The number of rotatable bonds is 2. The van der Waals surface area contributed by atoms with E-state index >= 15 is 0 Å². The highest BCUT2D eigenvalue weighted by molar-refractivity contribution is 5.46. The van der Waals surface area contributed by atoms with E-state index in [0.29, 0.717) is 17.6 Å². The van der Waals surface area contributed by atoms with E-state index in [1.54, 1.807) is 4.40 Å². The first-order chi connectivity index (χ1) is 6.59. The molecule has 2 heterocycles. The minimum atomic E-state index is 0.482. The van der Waals surface area contributed by atoms with Crippen LogP contribution in [0.5, 0.6) is 0 Å². The molecule has 0 aliphatic heterocycles. The Morgan fingerprint density at radius 1 is 1.50 bits per heavy atom. The molecule has 5 nitrogen and oxygen atoms in total. The molecule has 0 aliphatic carbocycles. The molecular formula is C9H14N4O. The Bertz CT molecular complexity index is 455. The molecular weight excluding hydrogens is 180 g/mol. The predicted octanol–water partition coefficient (Wildman–Crippen LogP) is 1.41. The SMILES string of the molecule is Cc1nc2onc(CC(C)C)n2c1N. The van der Waals surface area contributed by atoms with Crippen molar-refractivity contribution in [2.75, 3.05) is 5.73 Å². The molecule has 2 aromatic heterocycles. The maximum atomic E-state index is 5.86. The number of nitrogen functional groups attached to an aromatic ring is 1. The Balaban J connectivity index is 2.55. The van der Waals surface area contributed by atoms with Crippen LogP contribution in [0.1, 0.15) is 25.4 Å². The number of nitrogens with zero attached hydrogens (tertiary/aromatic N) is 3. The monoisotopic (exact) mass is 194 g/mol. The van der Waals surface area contributed by atoms with E-state index < -0.39 is 0 Å². The van der Waals surface area contributed by atoms with Gasteiger partial charge >= 0.3 is 5.84 Å². The zero-order valence-electron chi connectivity index (χ0n) is 8.61. The van der Waals surface area contributed by atoms with Crippen molar-refractivity contribution in [3.63, 3.8) is 0 Å². The van der Waals surface area contributed by atoms with Crippen LogP contribution < -0.4 is 5.73 Å². The van der Waals surface area contributed by atoms with E-state index in [4.69, 9.17) is 10.3 Å². The number of hydrogen-bond acceptors (Lipinski definition) is 4. The van der Waals surface area contributed by atoms with Crippen LogP contribution in [-0.2, 0) is 6.42 Å². The van der Waals surface area contributed by atoms with Gasteiger partial charge in [0, 0.05) is 6.42 Å². The lowest BCUT2D eigenvalue weighted by molar-refractivity contribution is 0.432. The largest absolute Gasteiger partial charge is 0.383 e. The molecule has 0 fully saturated rings. The maximum Gasteiger partial charge on any atom is 0.333 e. The molecule has 0 bridgehead atoms. The van der Waals surface area contributed by atoms with Gasteiger partial charge in [0.25, 0.3) is 0 Å². The van der Waals surface area contributed by atoms with Crippen molar-refractivity contribution in [1.82, 2.24) is 14.5 Å². The van der Waals surface area contributed by atoms with Gasteiger partial charge in [-0.3, -0.25) is 0 Å². The summed E-state index contributed by atoms with van der Waals surface area (Å²) in [6.45, 7) is 6.11. The van der Waals surface area contributed by atoms with Gasteiger partial charge in [-0.15, -0.1) is 0 Å². The van der Waals surface area contributed by atoms with Gasteiger partial charge in [-0.05, 0) is 12.8 Å². The number of nitrogens with two attached hydrogens (primary N) is 1. The normalized spacial score (nSPS) is 11.7. The fourth-order valence-corrected chi connectivity index (χ4v) is 1.45. The van der Waals surface area contributed by atoms with E-state index in [9.17, 15) is 0 Å². The van der Waals surface area contributed by atoms with Gasteiger partial charge in [0.05, 0.1) is 5.69 Å². The smallest absolute Gasteiger partial charge is 0.333 e. The summed E-state index contributed by atoms with van der Waals surface area (Å²) in [5.74, 6) is 2.46. The third-order valence-electron chi connectivity index (χ3n) is 2.15. The third kappa shape index (κ3) is 1.25. The highest BCUT2D eigenvalue weighted by Gasteiger charge is 2.15. The quantitative estimate of drug-likeness (QED) is 0.784. The van der Waals surface area contributed by atoms with Crippen molar-refractivity contribution in [3.8, 4) is 0 Å². The molecule has 76 valence electrons. The van der Waals surface area contributed by atoms with Crippen LogP contribution in [0.4, 0.5) is 5.82 Å². The second kappa shape index (κ2) is 3.01. The van der Waals surface area contributed by atoms with Crippen LogP contribution in [0.2, 0.25) is 0 Å². The zero-order valence-corrected chi connectivity index (χ0v) is 8.61. The lowest BCUT2D eigenvalue weighted by Gasteiger charge is -2.00. The Kier molecular flexibility index (Phi) is 1.94. The summed E-state index contributed by atoms with van der Waals surface area (Å²) in [6.07, 6.45) is 0.840. The Morgan fingerprint density at radius 3 is 2.86 bits per heavy atom. The summed E-state index contributed by atoms with van der Waals surface area (Å²) in [5, 5.41) is 3.94. The van der Waals surface area contributed by atoms with Crippen LogP contribution in [0.15, 0.2) is 4.52 Å². The first-order valence-corrected chi connectivity index (χ1v) is 4.68. The average Bonchev–Trinajstić information content (AvgIpc) is 2.57. The maximum absolute atomic E-state index is 5.86. The molecule has 0 aliphatic rings. The van der Waals surface area contributed by atoms with Crippen molar-refractivity contribution in [2.24, 2.45) is 5.92 Å². The summed E-state index contributed by atoms with van der Waals surface area (Å²) in [5.41, 5.74) is 6.65. The highest BCUT2D eigenvalue weighted by Crippen LogP contribution is 2.17. The van der Waals surface area contributed by atoms with Gasteiger partial charge in [0.15, 0.2) is 5.82 Å². The number of aryl methyl sites for hydroxylation is 1. The summed E-state index contributed by atoms with van der Waals surface area (Å²) < 4.78 is 6.85. The lowest BCUT2D eigenvalue weighted by atomic mass is 10.1. The van der Waals surface area contributed by atoms with E-state index in [1.807, 2.05) is 6.92 Å². The van der Waals surface area contributed by atoms with Crippen LogP contribution in [0.25, 0.3) is 5.84 Å². The Morgan fingerprint density at radius 2 is 2.21 bits per heavy atom. The minimum Gasteiger partial charge on any atom is -0.383 e. The van der Waals surface area contributed by atoms with Gasteiger partial charge in [-0.25, -0.2) is 4.40 Å². The van der Waals surface area contributed by atoms with Gasteiger partial charge in [0.2, 0.25) is 0 Å². The van der Waals surface area contributed by atoms with E-state index in [-0.39, 0.29) is 0 Å². The molecule has 0 amide bonds. The molecule has 0 unspecified atom stereocenters. The highest BCUT2D eigenvalue weighted by atomic mass is 16.5. The molecule has 2 N–H and O–H groups in total. The third-order valence-corrected chi connectivity index (χ3v) is 2.15. The molecule has 0 saturated carbocycles. The van der Waals surface area contributed by atoms with Gasteiger partial charge in [-0.1, -0.05) is 19.0 Å². The minimum absolute atomic E-state index is 0.482. The average molecular weight is 194 g/mol. The first kappa shape index (κ1) is 9.05. The number of anilines is 1. The van der Waals surface area contributed by atoms with Crippen LogP contribution in [0.3, 0.4) is 0 Å². The number of imidazole rings is 1. The summed E-state index contributed by atoms with van der Waals surface area (Å²) >= 11 is 0. The molecule has 0 radical (unpaired) electrons. The Hall–Kier alpha value is -1.52. The van der Waals surface area contributed by atoms with Crippen molar-refractivity contribution in [3.05, 3.63) is 11.5 Å². The standard InChI is InChI=1S/C9H14N4O/c1-5(2)4-7-12-14-9-11-6(3)8(10)13(7)9/h5H,4,10H2,1-3H3. The second-order valence-electron chi connectivity index (χ2n) is 3.90. The van der Waals surface area contributed by atoms with Crippen molar-refractivity contribution in [1.29, 1.82) is 0 Å². The first-order valence-electron chi connectivity index (χ1n) is 4.68. The molecule has 0 saturated heterocycles. The predicted molar refractivity (Wildman–Crippen MR) is 52.9 cm³/mol. The zero-order chi connectivity index (χ0) is 10.3. The number of fused-ring (bicyclic) bond motifs is 1. The van der Waals surface area contributed by atoms with Crippen molar-refractivity contribution >= 4 is 11.7 Å². The van der Waals surface area contributed by atoms with Gasteiger partial charge in [-0.2, -0.15) is 4.98 Å². The fourth-order valence-electron chi connectivity index (χ4n) is 1.45. The van der Waals surface area contributed by atoms with Crippen molar-refractivity contribution < 1.29 is 4.52 Å². The van der Waals surface area contributed by atoms with E-state index in [2.05, 4.69) is 24.0 Å². The van der Waals surface area contributed by atoms with Crippen LogP contribution >= 0.6 is 0 Å². The van der Waals surface area contributed by atoms with Crippen molar-refractivity contribution in [2.45, 2.75) is 27.2 Å². The molecule has 2 aromatic rings. The molecule has 14 heavy (non-hydrogen) atoms. The molecule has 0 atom stereocenters. The molecule has 2 rings (SSSR count). The Labute approximate surface area is 81.9 Å². The summed E-state index contributed by atoms with van der Waals surface area (Å²) in [7, 11) is 0. The van der Waals surface area contributed by atoms with Crippen LogP contribution in [0, 0.1) is 12.8 Å². The van der Waals surface area contributed by atoms with Crippen LogP contribution in [-0.4, -0.2) is 14.5 Å². The van der Waals surface area contributed by atoms with E-state index in [0.717, 1.165) is 17.9 Å². The molecule has 5 heteroatoms. The summed E-state index contributed by atoms with van der Waals surface area (Å²) in [4.78, 5) is 4.15. The van der Waals surface area contributed by atoms with E-state index in [1.165, 1.54) is 0 Å². The number of aromatic nitrogens is 3. The number of hydrogen-bond donors (Lipinski definition) is 1. The second-order valence-corrected chi connectivity index (χ2v) is 3.90.